The number of anilines is 1. The first-order chi connectivity index (χ1) is 9.20. The summed E-state index contributed by atoms with van der Waals surface area (Å²) in [4.78, 5) is 6.88. The average Bonchev–Trinajstić information content (AvgIpc) is 2.40. The van der Waals surface area contributed by atoms with E-state index in [0.717, 1.165) is 50.8 Å². The number of ether oxygens (including phenoxy) is 1. The Balaban J connectivity index is 1.99. The molecule has 2 rings (SSSR count). The Hall–Kier alpha value is -1.13. The molecule has 0 aromatic carbocycles. The van der Waals surface area contributed by atoms with Crippen molar-refractivity contribution in [1.82, 2.24) is 4.98 Å². The van der Waals surface area contributed by atoms with Crippen LogP contribution in [-0.2, 0) is 11.2 Å². The zero-order valence-corrected chi connectivity index (χ0v) is 12.1. The highest BCUT2D eigenvalue weighted by atomic mass is 16.5. The molecular formula is C15H25N3O. The van der Waals surface area contributed by atoms with Gasteiger partial charge < -0.3 is 15.4 Å². The van der Waals surface area contributed by atoms with E-state index < -0.39 is 0 Å². The molecule has 0 unspecified atom stereocenters. The van der Waals surface area contributed by atoms with Crippen molar-refractivity contribution in [3.8, 4) is 0 Å². The Bertz CT molecular complexity index is 402. The summed E-state index contributed by atoms with van der Waals surface area (Å²) < 4.78 is 5.41. The van der Waals surface area contributed by atoms with Crippen molar-refractivity contribution >= 4 is 5.82 Å². The van der Waals surface area contributed by atoms with Gasteiger partial charge in [-0.3, -0.25) is 0 Å². The summed E-state index contributed by atoms with van der Waals surface area (Å²) in [7, 11) is 2.13. The van der Waals surface area contributed by atoms with Crippen LogP contribution in [0.3, 0.4) is 0 Å². The molecular weight excluding hydrogens is 238 g/mol. The zero-order valence-electron chi connectivity index (χ0n) is 12.1. The molecule has 1 aliphatic heterocycles. The number of aryl methyl sites for hydroxylation is 1. The van der Waals surface area contributed by atoms with Crippen molar-refractivity contribution in [2.24, 2.45) is 11.7 Å². The van der Waals surface area contributed by atoms with E-state index in [2.05, 4.69) is 29.9 Å². The Morgan fingerprint density at radius 1 is 1.42 bits per heavy atom. The van der Waals surface area contributed by atoms with Gasteiger partial charge in [-0.2, -0.15) is 0 Å². The van der Waals surface area contributed by atoms with Gasteiger partial charge in [-0.05, 0) is 49.8 Å². The molecule has 1 aromatic rings. The van der Waals surface area contributed by atoms with Crippen LogP contribution >= 0.6 is 0 Å². The number of nitrogens with two attached hydrogens (primary N) is 1. The number of hydrogen-bond donors (Lipinski definition) is 1. The molecule has 0 radical (unpaired) electrons. The highest BCUT2D eigenvalue weighted by molar-refractivity contribution is 5.46. The average molecular weight is 263 g/mol. The third kappa shape index (κ3) is 3.91. The minimum Gasteiger partial charge on any atom is -0.381 e. The van der Waals surface area contributed by atoms with Gasteiger partial charge >= 0.3 is 0 Å². The molecule has 0 aliphatic carbocycles. The summed E-state index contributed by atoms with van der Waals surface area (Å²) in [6.45, 7) is 5.68. The van der Waals surface area contributed by atoms with Gasteiger partial charge in [-0.25, -0.2) is 4.98 Å². The molecule has 19 heavy (non-hydrogen) atoms. The molecule has 4 nitrogen and oxygen atoms in total. The lowest BCUT2D eigenvalue weighted by Gasteiger charge is -2.28. The van der Waals surface area contributed by atoms with Crippen LogP contribution in [0.25, 0.3) is 0 Å². The van der Waals surface area contributed by atoms with Gasteiger partial charge in [-0.1, -0.05) is 6.07 Å². The van der Waals surface area contributed by atoms with Crippen LogP contribution < -0.4 is 10.6 Å². The third-order valence-corrected chi connectivity index (χ3v) is 3.77. The lowest BCUT2D eigenvalue weighted by atomic mass is 10.00. The van der Waals surface area contributed by atoms with E-state index in [1.54, 1.807) is 0 Å². The maximum absolute atomic E-state index is 5.58. The summed E-state index contributed by atoms with van der Waals surface area (Å²) in [5, 5.41) is 0. The van der Waals surface area contributed by atoms with Gasteiger partial charge in [0.1, 0.15) is 5.82 Å². The number of nitrogens with zero attached hydrogens (tertiary/aromatic N) is 2. The lowest BCUT2D eigenvalue weighted by Crippen LogP contribution is -2.30. The molecule has 106 valence electrons. The second-order valence-corrected chi connectivity index (χ2v) is 5.46. The van der Waals surface area contributed by atoms with Crippen LogP contribution in [0.2, 0.25) is 0 Å². The third-order valence-electron chi connectivity index (χ3n) is 3.77. The van der Waals surface area contributed by atoms with Crippen molar-refractivity contribution in [3.63, 3.8) is 0 Å². The van der Waals surface area contributed by atoms with Gasteiger partial charge in [0.25, 0.3) is 0 Å². The summed E-state index contributed by atoms with van der Waals surface area (Å²) in [6, 6.07) is 2.20. The quantitative estimate of drug-likeness (QED) is 0.879. The predicted molar refractivity (Wildman–Crippen MR) is 78.5 cm³/mol. The first kappa shape index (κ1) is 14.3. The smallest absolute Gasteiger partial charge is 0.131 e. The highest BCUT2D eigenvalue weighted by Crippen LogP contribution is 2.21. The number of aromatic nitrogens is 1. The van der Waals surface area contributed by atoms with Crippen LogP contribution in [0.15, 0.2) is 12.3 Å². The number of pyridine rings is 1. The van der Waals surface area contributed by atoms with Crippen molar-refractivity contribution in [2.45, 2.75) is 26.2 Å². The van der Waals surface area contributed by atoms with Crippen molar-refractivity contribution in [1.29, 1.82) is 0 Å². The highest BCUT2D eigenvalue weighted by Gasteiger charge is 2.17. The van der Waals surface area contributed by atoms with Gasteiger partial charge in [0.05, 0.1) is 0 Å². The van der Waals surface area contributed by atoms with E-state index in [1.807, 2.05) is 6.20 Å². The molecule has 1 saturated heterocycles. The fourth-order valence-electron chi connectivity index (χ4n) is 2.73. The Kier molecular flexibility index (Phi) is 5.16. The SMILES string of the molecule is Cc1cc(CCN)cnc1N(C)CC1CCOCC1. The number of rotatable bonds is 5. The van der Waals surface area contributed by atoms with Crippen LogP contribution in [0.5, 0.6) is 0 Å². The zero-order chi connectivity index (χ0) is 13.7. The fourth-order valence-corrected chi connectivity index (χ4v) is 2.73. The molecule has 2 heterocycles. The molecule has 2 N–H and O–H groups in total. The summed E-state index contributed by atoms with van der Waals surface area (Å²) >= 11 is 0. The Morgan fingerprint density at radius 3 is 2.79 bits per heavy atom. The van der Waals surface area contributed by atoms with Crippen molar-refractivity contribution in [3.05, 3.63) is 23.4 Å². The number of hydrogen-bond acceptors (Lipinski definition) is 4. The Morgan fingerprint density at radius 2 is 2.16 bits per heavy atom. The van der Waals surface area contributed by atoms with E-state index in [-0.39, 0.29) is 0 Å². The van der Waals surface area contributed by atoms with E-state index in [1.165, 1.54) is 11.1 Å². The maximum atomic E-state index is 5.58. The van der Waals surface area contributed by atoms with Crippen molar-refractivity contribution < 1.29 is 4.74 Å². The second-order valence-electron chi connectivity index (χ2n) is 5.46. The molecule has 0 amide bonds. The minimum atomic E-state index is 0.679. The van der Waals surface area contributed by atoms with E-state index >= 15 is 0 Å². The van der Waals surface area contributed by atoms with E-state index in [9.17, 15) is 0 Å². The van der Waals surface area contributed by atoms with Crippen molar-refractivity contribution in [2.75, 3.05) is 38.3 Å². The molecule has 0 spiro atoms. The van der Waals surface area contributed by atoms with Crippen LogP contribution in [0, 0.1) is 12.8 Å². The summed E-state index contributed by atoms with van der Waals surface area (Å²) in [5.41, 5.74) is 8.04. The normalized spacial score (nSPS) is 16.6. The topological polar surface area (TPSA) is 51.4 Å². The molecule has 1 aromatic heterocycles. The van der Waals surface area contributed by atoms with Crippen LogP contribution in [0.1, 0.15) is 24.0 Å². The Labute approximate surface area is 116 Å². The van der Waals surface area contributed by atoms with E-state index in [4.69, 9.17) is 10.5 Å². The van der Waals surface area contributed by atoms with Gasteiger partial charge in [-0.15, -0.1) is 0 Å². The molecule has 0 saturated carbocycles. The molecule has 0 bridgehead atoms. The van der Waals surface area contributed by atoms with Crippen LogP contribution in [0.4, 0.5) is 5.82 Å². The first-order valence-corrected chi connectivity index (χ1v) is 7.15. The molecule has 4 heteroatoms. The maximum Gasteiger partial charge on any atom is 0.131 e. The van der Waals surface area contributed by atoms with Gasteiger partial charge in [0.15, 0.2) is 0 Å². The molecule has 0 atom stereocenters. The summed E-state index contributed by atoms with van der Waals surface area (Å²) in [5.74, 6) is 1.82. The molecule has 1 fully saturated rings. The standard InChI is InChI=1S/C15H25N3O/c1-12-9-14(3-6-16)10-17-15(12)18(2)11-13-4-7-19-8-5-13/h9-10,13H,3-8,11,16H2,1-2H3. The fraction of sp³-hybridized carbons (Fsp3) is 0.667. The largest absolute Gasteiger partial charge is 0.381 e. The lowest BCUT2D eigenvalue weighted by molar-refractivity contribution is 0.0685. The monoisotopic (exact) mass is 263 g/mol. The van der Waals surface area contributed by atoms with E-state index in [0.29, 0.717) is 6.54 Å². The summed E-state index contributed by atoms with van der Waals surface area (Å²) in [6.07, 6.45) is 5.18. The van der Waals surface area contributed by atoms with Crippen LogP contribution in [-0.4, -0.2) is 38.3 Å². The predicted octanol–water partition coefficient (Wildman–Crippen LogP) is 1.75. The van der Waals surface area contributed by atoms with Gasteiger partial charge in [0, 0.05) is 33.0 Å². The minimum absolute atomic E-state index is 0.679. The second kappa shape index (κ2) is 6.87. The first-order valence-electron chi connectivity index (χ1n) is 7.15. The molecule has 1 aliphatic rings. The van der Waals surface area contributed by atoms with Gasteiger partial charge in [0.2, 0.25) is 0 Å².